The fraction of sp³-hybridized carbons (Fsp3) is 1.00. The van der Waals surface area contributed by atoms with E-state index < -0.39 is 0 Å². The molecule has 0 spiro atoms. The first-order valence-corrected chi connectivity index (χ1v) is 5.98. The number of hydrogen-bond acceptors (Lipinski definition) is 2. The minimum absolute atomic E-state index is 0.237. The van der Waals surface area contributed by atoms with Gasteiger partial charge in [-0.15, -0.1) is 0 Å². The highest BCUT2D eigenvalue weighted by atomic mass is 16.5. The molecule has 2 atom stereocenters. The van der Waals surface area contributed by atoms with Crippen molar-refractivity contribution in [2.75, 3.05) is 19.8 Å². The van der Waals surface area contributed by atoms with E-state index in [-0.39, 0.29) is 5.41 Å². The normalized spacial score (nSPS) is 39.9. The monoisotopic (exact) mass is 198 g/mol. The molecule has 2 aliphatic carbocycles. The Kier molecular flexibility index (Phi) is 3.13. The van der Waals surface area contributed by atoms with E-state index in [1.54, 1.807) is 0 Å². The summed E-state index contributed by atoms with van der Waals surface area (Å²) >= 11 is 0. The van der Waals surface area contributed by atoms with Crippen LogP contribution in [0.15, 0.2) is 0 Å². The molecule has 82 valence electrons. The lowest BCUT2D eigenvalue weighted by molar-refractivity contribution is 0.0529. The van der Waals surface area contributed by atoms with Crippen molar-refractivity contribution in [1.82, 2.24) is 0 Å². The molecule has 0 aromatic rings. The van der Waals surface area contributed by atoms with Gasteiger partial charge < -0.3 is 9.84 Å². The lowest BCUT2D eigenvalue weighted by Gasteiger charge is -2.28. The minimum atomic E-state index is 0.237. The van der Waals surface area contributed by atoms with E-state index in [1.165, 1.54) is 19.3 Å². The topological polar surface area (TPSA) is 29.5 Å². The molecule has 2 unspecified atom stereocenters. The molecule has 0 amide bonds. The van der Waals surface area contributed by atoms with Gasteiger partial charge in [0.1, 0.15) is 0 Å². The second-order valence-electron chi connectivity index (χ2n) is 5.18. The maximum atomic E-state index is 9.46. The highest BCUT2D eigenvalue weighted by Gasteiger charge is 2.52. The molecule has 1 N–H and O–H groups in total. The Hall–Kier alpha value is -0.0800. The number of ether oxygens (including phenoxy) is 1. The van der Waals surface area contributed by atoms with Crippen LogP contribution in [0, 0.1) is 17.3 Å². The lowest BCUT2D eigenvalue weighted by Crippen LogP contribution is -2.25. The molecule has 0 aromatic heterocycles. The van der Waals surface area contributed by atoms with Gasteiger partial charge >= 0.3 is 0 Å². The van der Waals surface area contributed by atoms with Crippen LogP contribution in [0.4, 0.5) is 0 Å². The zero-order chi connectivity index (χ0) is 10.0. The number of aliphatic hydroxyl groups excluding tert-OH is 1. The maximum Gasteiger partial charge on any atom is 0.0488 e. The second kappa shape index (κ2) is 4.19. The number of aliphatic hydroxyl groups is 1. The lowest BCUT2D eigenvalue weighted by atomic mass is 9.81. The molecule has 14 heavy (non-hydrogen) atoms. The SMILES string of the molecule is CCCOCCC1(CO)CC2CC2C1. The van der Waals surface area contributed by atoms with Gasteiger partial charge in [-0.05, 0) is 49.4 Å². The minimum Gasteiger partial charge on any atom is -0.396 e. The molecule has 2 heteroatoms. The number of rotatable bonds is 6. The van der Waals surface area contributed by atoms with Crippen LogP contribution < -0.4 is 0 Å². The fourth-order valence-electron chi connectivity index (χ4n) is 2.95. The van der Waals surface area contributed by atoms with E-state index >= 15 is 0 Å². The molecule has 0 aromatic carbocycles. The van der Waals surface area contributed by atoms with Crippen LogP contribution in [0.25, 0.3) is 0 Å². The first kappa shape index (κ1) is 10.4. The van der Waals surface area contributed by atoms with Gasteiger partial charge in [-0.2, -0.15) is 0 Å². The average Bonchev–Trinajstić information content (AvgIpc) is 2.82. The van der Waals surface area contributed by atoms with Crippen molar-refractivity contribution in [3.8, 4) is 0 Å². The van der Waals surface area contributed by atoms with Crippen LogP contribution in [0.5, 0.6) is 0 Å². The van der Waals surface area contributed by atoms with Crippen LogP contribution in [-0.4, -0.2) is 24.9 Å². The maximum absolute atomic E-state index is 9.46. The largest absolute Gasteiger partial charge is 0.396 e. The van der Waals surface area contributed by atoms with E-state index in [4.69, 9.17) is 4.74 Å². The number of hydrogen-bond donors (Lipinski definition) is 1. The Balaban J connectivity index is 1.70. The molecule has 2 saturated carbocycles. The van der Waals surface area contributed by atoms with Crippen LogP contribution in [-0.2, 0) is 4.74 Å². The summed E-state index contributed by atoms with van der Waals surface area (Å²) in [6.45, 7) is 4.21. The van der Waals surface area contributed by atoms with Gasteiger partial charge in [-0.25, -0.2) is 0 Å². The second-order valence-corrected chi connectivity index (χ2v) is 5.18. The van der Waals surface area contributed by atoms with Gasteiger partial charge in [0.25, 0.3) is 0 Å². The van der Waals surface area contributed by atoms with Crippen molar-refractivity contribution >= 4 is 0 Å². The van der Waals surface area contributed by atoms with Crippen molar-refractivity contribution in [1.29, 1.82) is 0 Å². The Morgan fingerprint density at radius 3 is 2.57 bits per heavy atom. The molecular weight excluding hydrogens is 176 g/mol. The molecule has 2 fully saturated rings. The summed E-state index contributed by atoms with van der Waals surface area (Å²) in [6, 6.07) is 0. The van der Waals surface area contributed by atoms with Crippen molar-refractivity contribution in [3.63, 3.8) is 0 Å². The van der Waals surface area contributed by atoms with Gasteiger partial charge in [-0.1, -0.05) is 6.92 Å². The summed E-state index contributed by atoms with van der Waals surface area (Å²) in [5.74, 6) is 1.90. The van der Waals surface area contributed by atoms with E-state index in [2.05, 4.69) is 6.92 Å². The standard InChI is InChI=1S/C12H22O2/c1-2-4-14-5-3-12(9-13)7-10-6-11(10)8-12/h10-11,13H,2-9H2,1H3. The zero-order valence-electron chi connectivity index (χ0n) is 9.17. The van der Waals surface area contributed by atoms with E-state index in [1.807, 2.05) is 0 Å². The predicted molar refractivity (Wildman–Crippen MR) is 56.1 cm³/mol. The molecule has 0 radical (unpaired) electrons. The smallest absolute Gasteiger partial charge is 0.0488 e. The van der Waals surface area contributed by atoms with E-state index in [0.717, 1.165) is 37.9 Å². The van der Waals surface area contributed by atoms with Gasteiger partial charge in [0.15, 0.2) is 0 Å². The van der Waals surface area contributed by atoms with Crippen molar-refractivity contribution in [2.24, 2.45) is 17.3 Å². The summed E-state index contributed by atoms with van der Waals surface area (Å²) in [5, 5.41) is 9.46. The quantitative estimate of drug-likeness (QED) is 0.663. The van der Waals surface area contributed by atoms with Crippen molar-refractivity contribution in [3.05, 3.63) is 0 Å². The van der Waals surface area contributed by atoms with Gasteiger partial charge in [0, 0.05) is 19.8 Å². The van der Waals surface area contributed by atoms with Crippen LogP contribution in [0.1, 0.15) is 39.0 Å². The molecule has 2 nitrogen and oxygen atoms in total. The van der Waals surface area contributed by atoms with Crippen LogP contribution in [0.3, 0.4) is 0 Å². The predicted octanol–water partition coefficient (Wildman–Crippen LogP) is 2.21. The summed E-state index contributed by atoms with van der Waals surface area (Å²) < 4.78 is 5.51. The zero-order valence-corrected chi connectivity index (χ0v) is 9.17. The Labute approximate surface area is 86.6 Å². The summed E-state index contributed by atoms with van der Waals surface area (Å²) in [5.41, 5.74) is 0.237. The van der Waals surface area contributed by atoms with Gasteiger partial charge in [0.05, 0.1) is 0 Å². The van der Waals surface area contributed by atoms with E-state index in [9.17, 15) is 5.11 Å². The molecule has 2 aliphatic rings. The third kappa shape index (κ3) is 2.12. The van der Waals surface area contributed by atoms with Crippen LogP contribution in [0.2, 0.25) is 0 Å². The summed E-state index contributed by atoms with van der Waals surface area (Å²) in [7, 11) is 0. The first-order chi connectivity index (χ1) is 6.79. The Morgan fingerprint density at radius 1 is 1.29 bits per heavy atom. The molecule has 0 saturated heterocycles. The highest BCUT2D eigenvalue weighted by molar-refractivity contribution is 5.02. The third-order valence-corrected chi connectivity index (χ3v) is 3.92. The van der Waals surface area contributed by atoms with Gasteiger partial charge in [0.2, 0.25) is 0 Å². The average molecular weight is 198 g/mol. The molecule has 0 heterocycles. The Bertz CT molecular complexity index is 181. The first-order valence-electron chi connectivity index (χ1n) is 5.98. The van der Waals surface area contributed by atoms with E-state index in [0.29, 0.717) is 6.61 Å². The molecule has 0 bridgehead atoms. The van der Waals surface area contributed by atoms with Crippen LogP contribution >= 0.6 is 0 Å². The molecular formula is C12H22O2. The van der Waals surface area contributed by atoms with Gasteiger partial charge in [-0.3, -0.25) is 0 Å². The Morgan fingerprint density at radius 2 is 2.00 bits per heavy atom. The highest BCUT2D eigenvalue weighted by Crippen LogP contribution is 2.60. The summed E-state index contributed by atoms with van der Waals surface area (Å²) in [6.07, 6.45) is 6.10. The fourth-order valence-corrected chi connectivity index (χ4v) is 2.95. The van der Waals surface area contributed by atoms with Crippen molar-refractivity contribution < 1.29 is 9.84 Å². The third-order valence-electron chi connectivity index (χ3n) is 3.92. The molecule has 2 rings (SSSR count). The van der Waals surface area contributed by atoms with Crippen molar-refractivity contribution in [2.45, 2.75) is 39.0 Å². The summed E-state index contributed by atoms with van der Waals surface area (Å²) in [4.78, 5) is 0. The molecule has 0 aliphatic heterocycles. The number of fused-ring (bicyclic) bond motifs is 1.